The van der Waals surface area contributed by atoms with Crippen LogP contribution < -0.4 is 0 Å². The third-order valence-corrected chi connectivity index (χ3v) is 2.51. The Morgan fingerprint density at radius 1 is 1.46 bits per heavy atom. The molecule has 0 unspecified atom stereocenters. The van der Waals surface area contributed by atoms with E-state index in [0.717, 1.165) is 10.1 Å². The van der Waals surface area contributed by atoms with E-state index in [9.17, 15) is 0 Å². The second kappa shape index (κ2) is 3.14. The standard InChI is InChI=1S/C10H11BrN2/c1-7(2)13-4-3-8-5-9(11)6-12-10(8)13/h3-7H,1-2H3. The number of rotatable bonds is 1. The van der Waals surface area contributed by atoms with Crippen LogP contribution in [0.2, 0.25) is 0 Å². The van der Waals surface area contributed by atoms with Gasteiger partial charge in [0.2, 0.25) is 0 Å². The largest absolute Gasteiger partial charge is 0.330 e. The Bertz CT molecular complexity index is 431. The molecule has 13 heavy (non-hydrogen) atoms. The monoisotopic (exact) mass is 238 g/mol. The van der Waals surface area contributed by atoms with Crippen LogP contribution in [-0.2, 0) is 0 Å². The summed E-state index contributed by atoms with van der Waals surface area (Å²) >= 11 is 3.41. The van der Waals surface area contributed by atoms with Crippen LogP contribution in [0, 0.1) is 0 Å². The molecule has 2 nitrogen and oxygen atoms in total. The van der Waals surface area contributed by atoms with Gasteiger partial charge in [-0.25, -0.2) is 4.98 Å². The molecule has 68 valence electrons. The zero-order chi connectivity index (χ0) is 9.42. The maximum Gasteiger partial charge on any atom is 0.140 e. The highest BCUT2D eigenvalue weighted by Crippen LogP contribution is 2.20. The summed E-state index contributed by atoms with van der Waals surface area (Å²) in [6, 6.07) is 4.64. The maximum absolute atomic E-state index is 4.38. The van der Waals surface area contributed by atoms with Crippen molar-refractivity contribution in [3.63, 3.8) is 0 Å². The van der Waals surface area contributed by atoms with E-state index < -0.39 is 0 Å². The van der Waals surface area contributed by atoms with Gasteiger partial charge < -0.3 is 4.57 Å². The molecule has 0 amide bonds. The zero-order valence-corrected chi connectivity index (χ0v) is 9.25. The predicted molar refractivity (Wildman–Crippen MR) is 57.8 cm³/mol. The topological polar surface area (TPSA) is 17.8 Å². The molecule has 0 saturated heterocycles. The van der Waals surface area contributed by atoms with Crippen LogP contribution in [0.25, 0.3) is 11.0 Å². The van der Waals surface area contributed by atoms with Crippen molar-refractivity contribution < 1.29 is 0 Å². The van der Waals surface area contributed by atoms with Crippen molar-refractivity contribution >= 4 is 27.0 Å². The van der Waals surface area contributed by atoms with Gasteiger partial charge in [0.05, 0.1) is 0 Å². The van der Waals surface area contributed by atoms with E-state index in [4.69, 9.17) is 0 Å². The van der Waals surface area contributed by atoms with Gasteiger partial charge in [0.1, 0.15) is 5.65 Å². The SMILES string of the molecule is CC(C)n1ccc2cc(Br)cnc21. The molecule has 0 aliphatic heterocycles. The normalized spacial score (nSPS) is 11.4. The van der Waals surface area contributed by atoms with Gasteiger partial charge in [0.25, 0.3) is 0 Å². The first-order valence-electron chi connectivity index (χ1n) is 4.30. The number of hydrogen-bond donors (Lipinski definition) is 0. The first kappa shape index (κ1) is 8.75. The highest BCUT2D eigenvalue weighted by molar-refractivity contribution is 9.10. The van der Waals surface area contributed by atoms with Crippen molar-refractivity contribution in [1.82, 2.24) is 9.55 Å². The van der Waals surface area contributed by atoms with Crippen LogP contribution in [0.3, 0.4) is 0 Å². The van der Waals surface area contributed by atoms with Crippen LogP contribution in [0.5, 0.6) is 0 Å². The lowest BCUT2D eigenvalue weighted by molar-refractivity contribution is 0.618. The Morgan fingerprint density at radius 2 is 2.23 bits per heavy atom. The number of pyridine rings is 1. The fraction of sp³-hybridized carbons (Fsp3) is 0.300. The van der Waals surface area contributed by atoms with E-state index in [2.05, 4.69) is 57.7 Å². The van der Waals surface area contributed by atoms with E-state index in [0.29, 0.717) is 6.04 Å². The van der Waals surface area contributed by atoms with Crippen LogP contribution in [-0.4, -0.2) is 9.55 Å². The summed E-state index contributed by atoms with van der Waals surface area (Å²) in [5.74, 6) is 0. The Balaban J connectivity index is 2.69. The lowest BCUT2D eigenvalue weighted by atomic mass is 10.3. The van der Waals surface area contributed by atoms with Gasteiger partial charge in [-0.2, -0.15) is 0 Å². The highest BCUT2D eigenvalue weighted by atomic mass is 79.9. The summed E-state index contributed by atoms with van der Waals surface area (Å²) in [7, 11) is 0. The van der Waals surface area contributed by atoms with Gasteiger partial charge in [-0.15, -0.1) is 0 Å². The van der Waals surface area contributed by atoms with Crippen LogP contribution in [0.15, 0.2) is 29.0 Å². The van der Waals surface area contributed by atoms with Gasteiger partial charge in [-0.05, 0) is 41.9 Å². The lowest BCUT2D eigenvalue weighted by Gasteiger charge is -2.07. The molecule has 2 aromatic rings. The van der Waals surface area contributed by atoms with E-state index >= 15 is 0 Å². The highest BCUT2D eigenvalue weighted by Gasteiger charge is 2.04. The van der Waals surface area contributed by atoms with E-state index in [1.54, 1.807) is 0 Å². The van der Waals surface area contributed by atoms with Crippen molar-refractivity contribution in [2.45, 2.75) is 19.9 Å². The van der Waals surface area contributed by atoms with Crippen LogP contribution in [0.1, 0.15) is 19.9 Å². The molecule has 2 rings (SSSR count). The molecule has 0 N–H and O–H groups in total. The van der Waals surface area contributed by atoms with Crippen molar-refractivity contribution in [1.29, 1.82) is 0 Å². The van der Waals surface area contributed by atoms with E-state index in [1.165, 1.54) is 5.39 Å². The minimum absolute atomic E-state index is 0.464. The first-order chi connectivity index (χ1) is 6.18. The molecule has 0 aromatic carbocycles. The van der Waals surface area contributed by atoms with Crippen LogP contribution >= 0.6 is 15.9 Å². The Morgan fingerprint density at radius 3 is 2.92 bits per heavy atom. The molecular weight excluding hydrogens is 228 g/mol. The average Bonchev–Trinajstić information content (AvgIpc) is 2.46. The molecule has 0 atom stereocenters. The first-order valence-corrected chi connectivity index (χ1v) is 5.10. The predicted octanol–water partition coefficient (Wildman–Crippen LogP) is 3.38. The zero-order valence-electron chi connectivity index (χ0n) is 7.66. The summed E-state index contributed by atoms with van der Waals surface area (Å²) in [4.78, 5) is 4.38. The van der Waals surface area contributed by atoms with Crippen molar-refractivity contribution in [2.75, 3.05) is 0 Å². The smallest absolute Gasteiger partial charge is 0.140 e. The fourth-order valence-corrected chi connectivity index (χ4v) is 1.78. The number of fused-ring (bicyclic) bond motifs is 1. The number of halogens is 1. The molecule has 3 heteroatoms. The van der Waals surface area contributed by atoms with Gasteiger partial charge in [0, 0.05) is 28.3 Å². The minimum Gasteiger partial charge on any atom is -0.330 e. The molecule has 0 fully saturated rings. The molecule has 2 aromatic heterocycles. The maximum atomic E-state index is 4.38. The van der Waals surface area contributed by atoms with Crippen molar-refractivity contribution in [3.05, 3.63) is 29.0 Å². The summed E-state index contributed by atoms with van der Waals surface area (Å²) in [6.45, 7) is 4.31. The average molecular weight is 239 g/mol. The molecule has 0 aliphatic carbocycles. The summed E-state index contributed by atoms with van der Waals surface area (Å²) in [6.07, 6.45) is 3.91. The number of aromatic nitrogens is 2. The van der Waals surface area contributed by atoms with Gasteiger partial charge in [0.15, 0.2) is 0 Å². The van der Waals surface area contributed by atoms with Gasteiger partial charge in [-0.3, -0.25) is 0 Å². The van der Waals surface area contributed by atoms with E-state index in [-0.39, 0.29) is 0 Å². The lowest BCUT2D eigenvalue weighted by Crippen LogP contribution is -1.99. The molecular formula is C10H11BrN2. The third-order valence-electron chi connectivity index (χ3n) is 2.08. The quantitative estimate of drug-likeness (QED) is 0.745. The fourth-order valence-electron chi connectivity index (χ4n) is 1.43. The number of nitrogens with zero attached hydrogens (tertiary/aromatic N) is 2. The number of hydrogen-bond acceptors (Lipinski definition) is 1. The van der Waals surface area contributed by atoms with Gasteiger partial charge in [-0.1, -0.05) is 0 Å². The van der Waals surface area contributed by atoms with Gasteiger partial charge >= 0.3 is 0 Å². The molecule has 0 radical (unpaired) electrons. The molecule has 0 bridgehead atoms. The summed E-state index contributed by atoms with van der Waals surface area (Å²) < 4.78 is 3.20. The van der Waals surface area contributed by atoms with Crippen molar-refractivity contribution in [3.8, 4) is 0 Å². The minimum atomic E-state index is 0.464. The second-order valence-corrected chi connectivity index (χ2v) is 4.30. The Labute approximate surface area is 85.7 Å². The van der Waals surface area contributed by atoms with E-state index in [1.807, 2.05) is 6.20 Å². The van der Waals surface area contributed by atoms with Crippen LogP contribution in [0.4, 0.5) is 0 Å². The summed E-state index contributed by atoms with van der Waals surface area (Å²) in [5, 5.41) is 1.18. The third kappa shape index (κ3) is 1.48. The molecule has 0 saturated carbocycles. The Hall–Kier alpha value is -0.830. The summed E-state index contributed by atoms with van der Waals surface area (Å²) in [5.41, 5.74) is 1.05. The molecule has 0 aliphatic rings. The molecule has 0 spiro atoms. The second-order valence-electron chi connectivity index (χ2n) is 3.38. The molecule has 2 heterocycles. The Kier molecular flexibility index (Phi) is 2.12. The van der Waals surface area contributed by atoms with Crippen molar-refractivity contribution in [2.24, 2.45) is 0 Å².